The van der Waals surface area contributed by atoms with E-state index in [1.165, 1.54) is 0 Å². The third kappa shape index (κ3) is 4.48. The summed E-state index contributed by atoms with van der Waals surface area (Å²) in [4.78, 5) is 11.7. The van der Waals surface area contributed by atoms with Crippen molar-refractivity contribution in [1.29, 1.82) is 0 Å². The quantitative estimate of drug-likeness (QED) is 0.662. The molecule has 5 heteroatoms. The van der Waals surface area contributed by atoms with Crippen molar-refractivity contribution in [3.05, 3.63) is 29.3 Å². The van der Waals surface area contributed by atoms with Crippen LogP contribution in [0.2, 0.25) is 5.02 Å². The van der Waals surface area contributed by atoms with Crippen LogP contribution in [-0.2, 0) is 9.53 Å². The van der Waals surface area contributed by atoms with Crippen LogP contribution >= 0.6 is 24.2 Å². The Morgan fingerprint density at radius 3 is 2.47 bits per heavy atom. The van der Waals surface area contributed by atoms with Gasteiger partial charge in [0.05, 0.1) is 0 Å². The number of carbonyl (C=O) groups excluding carboxylic acids is 1. The molecule has 0 aliphatic carbocycles. The van der Waals surface area contributed by atoms with Gasteiger partial charge >= 0.3 is 5.97 Å². The van der Waals surface area contributed by atoms with E-state index in [0.717, 1.165) is 0 Å². The molecule has 0 bridgehead atoms. The van der Waals surface area contributed by atoms with Gasteiger partial charge in [0.25, 0.3) is 0 Å². The van der Waals surface area contributed by atoms with Gasteiger partial charge in [0, 0.05) is 10.8 Å². The third-order valence-electron chi connectivity index (χ3n) is 2.00. The highest BCUT2D eigenvalue weighted by Gasteiger charge is 2.31. The highest BCUT2D eigenvalue weighted by atomic mass is 35.5. The molecule has 0 saturated carbocycles. The van der Waals surface area contributed by atoms with Crippen LogP contribution in [0.3, 0.4) is 0 Å². The molecule has 0 aromatic heterocycles. The van der Waals surface area contributed by atoms with Crippen LogP contribution in [-0.4, -0.2) is 23.9 Å². The second-order valence-corrected chi connectivity index (χ2v) is 4.81. The van der Waals surface area contributed by atoms with Crippen molar-refractivity contribution in [2.24, 2.45) is 0 Å². The predicted octanol–water partition coefficient (Wildman–Crippen LogP) is 2.97. The lowest BCUT2D eigenvalue weighted by Crippen LogP contribution is -2.40. The van der Waals surface area contributed by atoms with Gasteiger partial charge in [0.2, 0.25) is 0 Å². The van der Waals surface area contributed by atoms with E-state index in [-0.39, 0.29) is 6.61 Å². The molecular formula is C12H15ClO3S. The molecule has 0 unspecified atom stereocenters. The molecule has 0 atom stereocenters. The van der Waals surface area contributed by atoms with E-state index in [1.807, 2.05) is 0 Å². The van der Waals surface area contributed by atoms with Crippen molar-refractivity contribution in [3.63, 3.8) is 0 Å². The van der Waals surface area contributed by atoms with Gasteiger partial charge in [0.1, 0.15) is 12.4 Å². The maximum atomic E-state index is 11.7. The number of esters is 1. The summed E-state index contributed by atoms with van der Waals surface area (Å²) in [5, 5.41) is 0.618. The number of ether oxygens (including phenoxy) is 2. The van der Waals surface area contributed by atoms with Gasteiger partial charge in [-0.2, -0.15) is 12.6 Å². The number of halogens is 1. The van der Waals surface area contributed by atoms with Crippen LogP contribution in [0.1, 0.15) is 13.8 Å². The Kier molecular flexibility index (Phi) is 5.15. The average Bonchev–Trinajstić information content (AvgIpc) is 2.28. The highest BCUT2D eigenvalue weighted by molar-refractivity contribution is 7.80. The van der Waals surface area contributed by atoms with Crippen molar-refractivity contribution >= 4 is 30.2 Å². The zero-order valence-corrected chi connectivity index (χ0v) is 11.4. The molecule has 1 aromatic carbocycles. The van der Waals surface area contributed by atoms with Crippen molar-refractivity contribution < 1.29 is 14.3 Å². The first-order valence-corrected chi connectivity index (χ1v) is 6.19. The van der Waals surface area contributed by atoms with E-state index in [0.29, 0.717) is 16.5 Å². The molecule has 0 heterocycles. The molecule has 0 N–H and O–H groups in total. The summed E-state index contributed by atoms with van der Waals surface area (Å²) < 4.78 is 10.5. The molecule has 0 amide bonds. The standard InChI is InChI=1S/C12H15ClO3S/c1-12(2,11(14)15-7-8-17)16-10-5-3-9(13)4-6-10/h3-6,17H,7-8H2,1-2H3. The fourth-order valence-electron chi connectivity index (χ4n) is 1.15. The first kappa shape index (κ1) is 14.2. The minimum atomic E-state index is -1.03. The molecule has 0 spiro atoms. The Morgan fingerprint density at radius 1 is 1.35 bits per heavy atom. The normalized spacial score (nSPS) is 11.1. The van der Waals surface area contributed by atoms with Gasteiger partial charge in [0.15, 0.2) is 5.60 Å². The maximum absolute atomic E-state index is 11.7. The molecule has 94 valence electrons. The summed E-state index contributed by atoms with van der Waals surface area (Å²) in [5.41, 5.74) is -1.03. The molecule has 0 radical (unpaired) electrons. The van der Waals surface area contributed by atoms with Crippen molar-refractivity contribution in [2.75, 3.05) is 12.4 Å². The zero-order valence-electron chi connectivity index (χ0n) is 9.77. The van der Waals surface area contributed by atoms with E-state index in [1.54, 1.807) is 38.1 Å². The number of carbonyl (C=O) groups is 1. The molecule has 0 saturated heterocycles. The Morgan fingerprint density at radius 2 is 1.94 bits per heavy atom. The van der Waals surface area contributed by atoms with Gasteiger partial charge in [-0.25, -0.2) is 4.79 Å². The first-order chi connectivity index (χ1) is 7.95. The third-order valence-corrected chi connectivity index (χ3v) is 2.44. The molecular weight excluding hydrogens is 260 g/mol. The largest absolute Gasteiger partial charge is 0.476 e. The average molecular weight is 275 g/mol. The minimum Gasteiger partial charge on any atom is -0.476 e. The molecule has 17 heavy (non-hydrogen) atoms. The van der Waals surface area contributed by atoms with Crippen LogP contribution in [0, 0.1) is 0 Å². The lowest BCUT2D eigenvalue weighted by atomic mass is 10.1. The molecule has 0 fully saturated rings. The fourth-order valence-corrected chi connectivity index (χ4v) is 1.37. The summed E-state index contributed by atoms with van der Waals surface area (Å²) in [7, 11) is 0. The van der Waals surface area contributed by atoms with Gasteiger partial charge in [-0.1, -0.05) is 11.6 Å². The zero-order chi connectivity index (χ0) is 12.9. The van der Waals surface area contributed by atoms with Crippen LogP contribution in [0.25, 0.3) is 0 Å². The van der Waals surface area contributed by atoms with Crippen LogP contribution in [0.15, 0.2) is 24.3 Å². The van der Waals surface area contributed by atoms with E-state index >= 15 is 0 Å². The Bertz CT molecular complexity index is 376. The van der Waals surface area contributed by atoms with Crippen molar-refractivity contribution in [1.82, 2.24) is 0 Å². The van der Waals surface area contributed by atoms with E-state index < -0.39 is 11.6 Å². The molecule has 0 aliphatic rings. The Hall–Kier alpha value is -0.870. The van der Waals surface area contributed by atoms with E-state index in [9.17, 15) is 4.79 Å². The molecule has 0 aliphatic heterocycles. The lowest BCUT2D eigenvalue weighted by molar-refractivity contribution is -0.158. The fraction of sp³-hybridized carbons (Fsp3) is 0.417. The number of hydrogen-bond donors (Lipinski definition) is 1. The Labute approximate surface area is 111 Å². The number of thiol groups is 1. The lowest BCUT2D eigenvalue weighted by Gasteiger charge is -2.24. The van der Waals surface area contributed by atoms with Gasteiger partial charge in [-0.15, -0.1) is 0 Å². The van der Waals surface area contributed by atoms with Gasteiger partial charge in [-0.05, 0) is 38.1 Å². The highest BCUT2D eigenvalue weighted by Crippen LogP contribution is 2.21. The summed E-state index contributed by atoms with van der Waals surface area (Å²) in [6, 6.07) is 6.81. The summed E-state index contributed by atoms with van der Waals surface area (Å²) >= 11 is 9.73. The second kappa shape index (κ2) is 6.17. The van der Waals surface area contributed by atoms with Crippen molar-refractivity contribution in [3.8, 4) is 5.75 Å². The smallest absolute Gasteiger partial charge is 0.349 e. The van der Waals surface area contributed by atoms with Gasteiger partial charge < -0.3 is 9.47 Å². The van der Waals surface area contributed by atoms with Crippen LogP contribution in [0.5, 0.6) is 5.75 Å². The van der Waals surface area contributed by atoms with Crippen molar-refractivity contribution in [2.45, 2.75) is 19.4 Å². The Balaban J connectivity index is 2.65. The predicted molar refractivity (Wildman–Crippen MR) is 71.0 cm³/mol. The monoisotopic (exact) mass is 274 g/mol. The van der Waals surface area contributed by atoms with Crippen LogP contribution in [0.4, 0.5) is 0 Å². The van der Waals surface area contributed by atoms with Gasteiger partial charge in [-0.3, -0.25) is 0 Å². The maximum Gasteiger partial charge on any atom is 0.349 e. The topological polar surface area (TPSA) is 35.5 Å². The summed E-state index contributed by atoms with van der Waals surface area (Å²) in [5.74, 6) is 0.645. The molecule has 1 rings (SSSR count). The minimum absolute atomic E-state index is 0.273. The SMILES string of the molecule is CC(C)(Oc1ccc(Cl)cc1)C(=O)OCCS. The number of rotatable bonds is 5. The number of hydrogen-bond acceptors (Lipinski definition) is 4. The molecule has 1 aromatic rings. The van der Waals surface area contributed by atoms with E-state index in [4.69, 9.17) is 21.1 Å². The first-order valence-electron chi connectivity index (χ1n) is 5.18. The van der Waals surface area contributed by atoms with Crippen LogP contribution < -0.4 is 4.74 Å². The second-order valence-electron chi connectivity index (χ2n) is 3.93. The summed E-state index contributed by atoms with van der Waals surface area (Å²) in [6.45, 7) is 3.58. The number of benzene rings is 1. The molecule has 3 nitrogen and oxygen atoms in total. The summed E-state index contributed by atoms with van der Waals surface area (Å²) in [6.07, 6.45) is 0. The van der Waals surface area contributed by atoms with E-state index in [2.05, 4.69) is 12.6 Å².